The molecule has 2 nitrogen and oxygen atoms in total. The molecule has 0 atom stereocenters. The molecule has 0 N–H and O–H groups in total. The van der Waals surface area contributed by atoms with E-state index < -0.39 is 0 Å². The van der Waals surface area contributed by atoms with Gasteiger partial charge in [-0.2, -0.15) is 5.26 Å². The monoisotopic (exact) mass is 348 g/mol. The number of anilines is 1. The van der Waals surface area contributed by atoms with Gasteiger partial charge in [-0.05, 0) is 60.2 Å². The summed E-state index contributed by atoms with van der Waals surface area (Å²) in [5.41, 5.74) is 2.21. The van der Waals surface area contributed by atoms with E-state index in [0.717, 1.165) is 10.6 Å². The average Bonchev–Trinajstić information content (AvgIpc) is 2.63. The Morgan fingerprint density at radius 2 is 1.64 bits per heavy atom. The number of halogens is 1. The highest BCUT2D eigenvalue weighted by atomic mass is 32.2. The first-order valence-electron chi connectivity index (χ1n) is 7.88. The van der Waals surface area contributed by atoms with Crippen molar-refractivity contribution in [2.75, 3.05) is 11.9 Å². The molecule has 0 radical (unpaired) electrons. The predicted octanol–water partition coefficient (Wildman–Crippen LogP) is 5.48. The summed E-state index contributed by atoms with van der Waals surface area (Å²) in [6.07, 6.45) is 0. The van der Waals surface area contributed by atoms with Gasteiger partial charge in [0.15, 0.2) is 0 Å². The summed E-state index contributed by atoms with van der Waals surface area (Å²) < 4.78 is 13.5. The first-order valence-corrected chi connectivity index (χ1v) is 8.70. The first-order chi connectivity index (χ1) is 12.2. The lowest BCUT2D eigenvalue weighted by Gasteiger charge is -2.20. The minimum absolute atomic E-state index is 0.322. The van der Waals surface area contributed by atoms with Gasteiger partial charge in [0, 0.05) is 29.1 Å². The molecule has 0 spiro atoms. The van der Waals surface area contributed by atoms with Crippen molar-refractivity contribution in [2.45, 2.75) is 16.3 Å². The van der Waals surface area contributed by atoms with Crippen molar-refractivity contribution in [3.63, 3.8) is 0 Å². The predicted molar refractivity (Wildman–Crippen MR) is 100 cm³/mol. The second-order valence-electron chi connectivity index (χ2n) is 5.68. The van der Waals surface area contributed by atoms with Gasteiger partial charge in [-0.3, -0.25) is 0 Å². The topological polar surface area (TPSA) is 27.0 Å². The molecule has 0 aliphatic heterocycles. The van der Waals surface area contributed by atoms with E-state index in [0.29, 0.717) is 17.7 Å². The summed E-state index contributed by atoms with van der Waals surface area (Å²) in [6, 6.07) is 24.8. The van der Waals surface area contributed by atoms with Gasteiger partial charge in [-0.1, -0.05) is 30.0 Å². The average molecular weight is 348 g/mol. The fourth-order valence-electron chi connectivity index (χ4n) is 2.54. The van der Waals surface area contributed by atoms with Crippen LogP contribution < -0.4 is 4.90 Å². The van der Waals surface area contributed by atoms with Gasteiger partial charge in [0.2, 0.25) is 0 Å². The standard InChI is InChI=1S/C21H17FN2S/c1-24(15-17-13-18(22)8-7-16(17)14-23)19-9-11-21(12-10-19)25-20-5-3-2-4-6-20/h2-13H,15H2,1H3. The summed E-state index contributed by atoms with van der Waals surface area (Å²) in [4.78, 5) is 4.36. The number of hydrogen-bond donors (Lipinski definition) is 0. The molecule has 0 aliphatic carbocycles. The van der Waals surface area contributed by atoms with Gasteiger partial charge in [0.25, 0.3) is 0 Å². The highest BCUT2D eigenvalue weighted by molar-refractivity contribution is 7.99. The van der Waals surface area contributed by atoms with Crippen LogP contribution in [0.1, 0.15) is 11.1 Å². The van der Waals surface area contributed by atoms with Gasteiger partial charge in [0.05, 0.1) is 11.6 Å². The summed E-state index contributed by atoms with van der Waals surface area (Å²) in [5, 5.41) is 9.18. The van der Waals surface area contributed by atoms with Crippen LogP contribution in [0.3, 0.4) is 0 Å². The second-order valence-corrected chi connectivity index (χ2v) is 6.83. The number of nitrogens with zero attached hydrogens (tertiary/aromatic N) is 2. The molecule has 3 aromatic rings. The van der Waals surface area contributed by atoms with Crippen molar-refractivity contribution in [1.29, 1.82) is 5.26 Å². The smallest absolute Gasteiger partial charge is 0.123 e. The van der Waals surface area contributed by atoms with Crippen LogP contribution in [0.4, 0.5) is 10.1 Å². The fourth-order valence-corrected chi connectivity index (χ4v) is 3.38. The largest absolute Gasteiger partial charge is 0.370 e. The third kappa shape index (κ3) is 4.40. The van der Waals surface area contributed by atoms with E-state index in [4.69, 9.17) is 0 Å². The lowest BCUT2D eigenvalue weighted by atomic mass is 10.1. The summed E-state index contributed by atoms with van der Waals surface area (Å²) in [5.74, 6) is -0.322. The molecule has 0 heterocycles. The van der Waals surface area contributed by atoms with Crippen molar-refractivity contribution in [1.82, 2.24) is 0 Å². The second kappa shape index (κ2) is 7.87. The molecule has 0 aliphatic rings. The molecule has 0 unspecified atom stereocenters. The Hall–Kier alpha value is -2.77. The van der Waals surface area contributed by atoms with Crippen molar-refractivity contribution < 1.29 is 4.39 Å². The highest BCUT2D eigenvalue weighted by Crippen LogP contribution is 2.29. The zero-order valence-corrected chi connectivity index (χ0v) is 14.6. The molecule has 3 aromatic carbocycles. The third-order valence-electron chi connectivity index (χ3n) is 3.85. The molecule has 25 heavy (non-hydrogen) atoms. The Bertz CT molecular complexity index is 886. The lowest BCUT2D eigenvalue weighted by Crippen LogP contribution is -2.17. The Morgan fingerprint density at radius 3 is 2.32 bits per heavy atom. The minimum Gasteiger partial charge on any atom is -0.370 e. The van der Waals surface area contributed by atoms with E-state index in [1.54, 1.807) is 11.8 Å². The normalized spacial score (nSPS) is 10.3. The van der Waals surface area contributed by atoms with Gasteiger partial charge < -0.3 is 4.90 Å². The molecule has 124 valence electrons. The van der Waals surface area contributed by atoms with Crippen LogP contribution >= 0.6 is 11.8 Å². The number of rotatable bonds is 5. The molecule has 0 saturated heterocycles. The van der Waals surface area contributed by atoms with E-state index in [2.05, 4.69) is 30.3 Å². The van der Waals surface area contributed by atoms with Crippen LogP contribution in [0.5, 0.6) is 0 Å². The van der Waals surface area contributed by atoms with Crippen LogP contribution in [-0.2, 0) is 6.54 Å². The van der Waals surface area contributed by atoms with Gasteiger partial charge in [-0.25, -0.2) is 4.39 Å². The zero-order chi connectivity index (χ0) is 17.6. The molecular formula is C21H17FN2S. The van der Waals surface area contributed by atoms with E-state index >= 15 is 0 Å². The molecule has 0 aromatic heterocycles. The minimum atomic E-state index is -0.322. The molecule has 0 amide bonds. The molecule has 0 fully saturated rings. The maximum atomic E-state index is 13.5. The van der Waals surface area contributed by atoms with Crippen molar-refractivity contribution in [2.24, 2.45) is 0 Å². The molecule has 3 rings (SSSR count). The number of benzene rings is 3. The third-order valence-corrected chi connectivity index (χ3v) is 4.87. The Balaban J connectivity index is 1.72. The highest BCUT2D eigenvalue weighted by Gasteiger charge is 2.08. The van der Waals surface area contributed by atoms with Crippen molar-refractivity contribution in [3.05, 3.63) is 89.7 Å². The Labute approximate surface area is 151 Å². The SMILES string of the molecule is CN(Cc1cc(F)ccc1C#N)c1ccc(Sc2ccccc2)cc1. The number of nitriles is 1. The first kappa shape index (κ1) is 17.1. The van der Waals surface area contributed by atoms with Crippen molar-refractivity contribution >= 4 is 17.4 Å². The van der Waals surface area contributed by atoms with E-state index in [1.807, 2.05) is 42.3 Å². The van der Waals surface area contributed by atoms with Gasteiger partial charge in [-0.15, -0.1) is 0 Å². The molecule has 0 saturated carbocycles. The van der Waals surface area contributed by atoms with Crippen LogP contribution in [0.25, 0.3) is 0 Å². The van der Waals surface area contributed by atoms with E-state index in [1.165, 1.54) is 23.1 Å². The van der Waals surface area contributed by atoms with Crippen LogP contribution in [-0.4, -0.2) is 7.05 Å². The Morgan fingerprint density at radius 1 is 0.960 bits per heavy atom. The molecular weight excluding hydrogens is 331 g/mol. The molecule has 0 bridgehead atoms. The maximum absolute atomic E-state index is 13.5. The summed E-state index contributed by atoms with van der Waals surface area (Å²) in [7, 11) is 1.94. The number of hydrogen-bond acceptors (Lipinski definition) is 3. The summed E-state index contributed by atoms with van der Waals surface area (Å²) >= 11 is 1.71. The molecule has 4 heteroatoms. The Kier molecular flexibility index (Phi) is 5.37. The fraction of sp³-hybridized carbons (Fsp3) is 0.0952. The maximum Gasteiger partial charge on any atom is 0.123 e. The van der Waals surface area contributed by atoms with Crippen LogP contribution in [0.15, 0.2) is 82.6 Å². The van der Waals surface area contributed by atoms with E-state index in [9.17, 15) is 9.65 Å². The zero-order valence-electron chi connectivity index (χ0n) is 13.8. The lowest BCUT2D eigenvalue weighted by molar-refractivity contribution is 0.625. The van der Waals surface area contributed by atoms with E-state index in [-0.39, 0.29) is 5.82 Å². The van der Waals surface area contributed by atoms with Crippen molar-refractivity contribution in [3.8, 4) is 6.07 Å². The van der Waals surface area contributed by atoms with Crippen LogP contribution in [0.2, 0.25) is 0 Å². The van der Waals surface area contributed by atoms with Gasteiger partial charge >= 0.3 is 0 Å². The van der Waals surface area contributed by atoms with Gasteiger partial charge in [0.1, 0.15) is 5.82 Å². The summed E-state index contributed by atoms with van der Waals surface area (Å²) in [6.45, 7) is 0.478. The quantitative estimate of drug-likeness (QED) is 0.610. The van der Waals surface area contributed by atoms with Crippen LogP contribution in [0, 0.1) is 17.1 Å².